The summed E-state index contributed by atoms with van der Waals surface area (Å²) < 4.78 is 7.14. The maximum Gasteiger partial charge on any atom is 0.411 e. The van der Waals surface area contributed by atoms with Crippen molar-refractivity contribution >= 4 is 34.3 Å². The molecule has 2 N–H and O–H groups in total. The Morgan fingerprint density at radius 2 is 2.44 bits per heavy atom. The summed E-state index contributed by atoms with van der Waals surface area (Å²) in [7, 11) is 0. The molecule has 0 spiro atoms. The van der Waals surface area contributed by atoms with Gasteiger partial charge in [0.25, 0.3) is 0 Å². The Bertz CT molecular complexity index is 552. The summed E-state index contributed by atoms with van der Waals surface area (Å²) in [6, 6.07) is 1.94. The number of carbonyl (C=O) groups is 1. The first kappa shape index (κ1) is 11.1. The van der Waals surface area contributed by atoms with Crippen LogP contribution in [0.15, 0.2) is 12.3 Å². The molecule has 2 aromatic rings. The Hall–Kier alpha value is -1.38. The van der Waals surface area contributed by atoms with E-state index >= 15 is 0 Å². The summed E-state index contributed by atoms with van der Waals surface area (Å²) in [5, 5.41) is 4.22. The fourth-order valence-corrected chi connectivity index (χ4v) is 2.01. The zero-order valence-electron chi connectivity index (χ0n) is 8.48. The molecule has 0 unspecified atom stereocenters. The molecule has 0 aliphatic carbocycles. The van der Waals surface area contributed by atoms with Crippen molar-refractivity contribution in [3.8, 4) is 5.88 Å². The Balaban J connectivity index is 2.55. The predicted octanol–water partition coefficient (Wildman–Crippen LogP) is 1.35. The maximum absolute atomic E-state index is 10.6. The highest BCUT2D eigenvalue weighted by Crippen LogP contribution is 2.17. The van der Waals surface area contributed by atoms with Gasteiger partial charge in [0.05, 0.1) is 6.20 Å². The number of primary amides is 1. The monoisotopic (exact) mass is 332 g/mol. The first-order valence-electron chi connectivity index (χ1n) is 4.62. The summed E-state index contributed by atoms with van der Waals surface area (Å²) in [5.74, 6) is 0.164. The van der Waals surface area contributed by atoms with Crippen molar-refractivity contribution in [3.63, 3.8) is 0 Å². The normalized spacial score (nSPS) is 10.6. The lowest BCUT2D eigenvalue weighted by Crippen LogP contribution is -2.16. The minimum Gasteiger partial charge on any atom is -0.390 e. The van der Waals surface area contributed by atoms with Crippen LogP contribution in [0, 0.1) is 3.70 Å². The van der Waals surface area contributed by atoms with Crippen LogP contribution in [0.2, 0.25) is 0 Å². The molecule has 16 heavy (non-hydrogen) atoms. The largest absolute Gasteiger partial charge is 0.411 e. The lowest BCUT2D eigenvalue weighted by atomic mass is 10.2. The fourth-order valence-electron chi connectivity index (χ4n) is 1.40. The van der Waals surface area contributed by atoms with Crippen molar-refractivity contribution in [1.29, 1.82) is 0 Å². The number of ether oxygens (including phenoxy) is 1. The lowest BCUT2D eigenvalue weighted by Gasteiger charge is -1.99. The van der Waals surface area contributed by atoms with Crippen molar-refractivity contribution in [1.82, 2.24) is 14.6 Å². The zero-order valence-corrected chi connectivity index (χ0v) is 10.6. The Morgan fingerprint density at radius 1 is 1.69 bits per heavy atom. The van der Waals surface area contributed by atoms with Crippen LogP contribution in [-0.4, -0.2) is 20.7 Å². The number of rotatable bonds is 2. The molecule has 0 aliphatic rings. The summed E-state index contributed by atoms with van der Waals surface area (Å²) in [5.41, 5.74) is 6.63. The van der Waals surface area contributed by atoms with Gasteiger partial charge in [-0.05, 0) is 40.6 Å². The molecule has 2 rings (SSSR count). The molecule has 0 bridgehead atoms. The molecule has 0 fully saturated rings. The number of hydrogen-bond donors (Lipinski definition) is 1. The van der Waals surface area contributed by atoms with Crippen LogP contribution in [0.4, 0.5) is 4.79 Å². The number of amides is 1. The van der Waals surface area contributed by atoms with E-state index < -0.39 is 6.09 Å². The van der Waals surface area contributed by atoms with Crippen molar-refractivity contribution in [2.24, 2.45) is 5.73 Å². The molecule has 0 atom stereocenters. The topological polar surface area (TPSA) is 82.5 Å². The second-order valence-electron chi connectivity index (χ2n) is 3.11. The number of fused-ring (bicyclic) bond motifs is 1. The number of aromatic nitrogens is 3. The minimum atomic E-state index is -0.879. The third-order valence-corrected chi connectivity index (χ3v) is 2.56. The smallest absolute Gasteiger partial charge is 0.390 e. The number of aryl methyl sites for hydroxylation is 1. The molecule has 0 aromatic carbocycles. The van der Waals surface area contributed by atoms with E-state index in [4.69, 9.17) is 10.5 Å². The number of hydrogen-bond acceptors (Lipinski definition) is 4. The molecule has 0 saturated carbocycles. The molecule has 7 heteroatoms. The molecule has 1 amide bonds. The number of carbonyl (C=O) groups excluding carboxylic acids is 1. The van der Waals surface area contributed by atoms with Gasteiger partial charge in [0.1, 0.15) is 3.70 Å². The Morgan fingerprint density at radius 3 is 3.06 bits per heavy atom. The van der Waals surface area contributed by atoms with E-state index in [1.165, 1.54) is 6.20 Å². The Labute approximate surface area is 105 Å². The van der Waals surface area contributed by atoms with E-state index in [2.05, 4.69) is 32.7 Å². The first-order valence-corrected chi connectivity index (χ1v) is 5.70. The van der Waals surface area contributed by atoms with Crippen LogP contribution in [-0.2, 0) is 6.42 Å². The number of nitrogens with zero attached hydrogens (tertiary/aromatic N) is 3. The molecule has 0 aliphatic heterocycles. The molecule has 0 radical (unpaired) electrons. The van der Waals surface area contributed by atoms with Gasteiger partial charge in [-0.3, -0.25) is 0 Å². The van der Waals surface area contributed by atoms with Crippen LogP contribution < -0.4 is 10.5 Å². The SMILES string of the molecule is CCc1cc(I)nn2cc(OC(N)=O)nc12. The summed E-state index contributed by atoms with van der Waals surface area (Å²) in [6.45, 7) is 2.02. The summed E-state index contributed by atoms with van der Waals surface area (Å²) >= 11 is 2.12. The molecule has 0 saturated heterocycles. The second-order valence-corrected chi connectivity index (χ2v) is 4.22. The molecule has 2 aromatic heterocycles. The van der Waals surface area contributed by atoms with Gasteiger partial charge in [0, 0.05) is 0 Å². The van der Waals surface area contributed by atoms with Gasteiger partial charge in [0.15, 0.2) is 5.65 Å². The molecule has 2 heterocycles. The van der Waals surface area contributed by atoms with Gasteiger partial charge in [-0.15, -0.1) is 0 Å². The van der Waals surface area contributed by atoms with Crippen LogP contribution in [0.25, 0.3) is 5.65 Å². The van der Waals surface area contributed by atoms with Crippen molar-refractivity contribution in [2.75, 3.05) is 0 Å². The number of imidazole rings is 1. The number of nitrogens with two attached hydrogens (primary N) is 1. The highest BCUT2D eigenvalue weighted by molar-refractivity contribution is 14.1. The maximum atomic E-state index is 10.6. The van der Waals surface area contributed by atoms with E-state index in [1.807, 2.05) is 13.0 Å². The van der Waals surface area contributed by atoms with Crippen LogP contribution in [0.3, 0.4) is 0 Å². The van der Waals surface area contributed by atoms with Gasteiger partial charge < -0.3 is 10.5 Å². The molecular weight excluding hydrogens is 323 g/mol. The van der Waals surface area contributed by atoms with Gasteiger partial charge in [-0.1, -0.05) is 6.92 Å². The van der Waals surface area contributed by atoms with Crippen molar-refractivity contribution in [2.45, 2.75) is 13.3 Å². The van der Waals surface area contributed by atoms with E-state index in [9.17, 15) is 4.79 Å². The fraction of sp³-hybridized carbons (Fsp3) is 0.222. The predicted molar refractivity (Wildman–Crippen MR) is 65.3 cm³/mol. The molecule has 6 nitrogen and oxygen atoms in total. The van der Waals surface area contributed by atoms with E-state index in [0.29, 0.717) is 5.65 Å². The standard InChI is InChI=1S/C9H9IN4O2/c1-2-5-3-6(10)13-14-4-7(12-8(5)14)16-9(11)15/h3-4H,2H2,1H3,(H2,11,15). The van der Waals surface area contributed by atoms with Crippen LogP contribution >= 0.6 is 22.6 Å². The van der Waals surface area contributed by atoms with Crippen LogP contribution in [0.1, 0.15) is 12.5 Å². The average Bonchev–Trinajstić information content (AvgIpc) is 2.57. The van der Waals surface area contributed by atoms with Crippen molar-refractivity contribution in [3.05, 3.63) is 21.5 Å². The summed E-state index contributed by atoms with van der Waals surface area (Å²) in [6.07, 6.45) is 1.48. The van der Waals surface area contributed by atoms with Gasteiger partial charge in [0.2, 0.25) is 5.88 Å². The second kappa shape index (κ2) is 4.24. The van der Waals surface area contributed by atoms with E-state index in [1.54, 1.807) is 4.52 Å². The third kappa shape index (κ3) is 2.08. The molecular formula is C9H9IN4O2. The lowest BCUT2D eigenvalue weighted by molar-refractivity contribution is 0.209. The van der Waals surface area contributed by atoms with Gasteiger partial charge >= 0.3 is 6.09 Å². The highest BCUT2D eigenvalue weighted by atomic mass is 127. The van der Waals surface area contributed by atoms with Crippen LogP contribution in [0.5, 0.6) is 5.88 Å². The molecule has 84 valence electrons. The van der Waals surface area contributed by atoms with Gasteiger partial charge in [-0.2, -0.15) is 10.1 Å². The average molecular weight is 332 g/mol. The highest BCUT2D eigenvalue weighted by Gasteiger charge is 2.10. The summed E-state index contributed by atoms with van der Waals surface area (Å²) in [4.78, 5) is 14.7. The number of halogens is 1. The van der Waals surface area contributed by atoms with E-state index in [0.717, 1.165) is 15.7 Å². The third-order valence-electron chi connectivity index (χ3n) is 2.04. The first-order chi connectivity index (χ1) is 7.60. The Kier molecular flexibility index (Phi) is 2.95. The van der Waals surface area contributed by atoms with E-state index in [-0.39, 0.29) is 5.88 Å². The van der Waals surface area contributed by atoms with Gasteiger partial charge in [-0.25, -0.2) is 9.31 Å². The quantitative estimate of drug-likeness (QED) is 0.842. The minimum absolute atomic E-state index is 0.164. The van der Waals surface area contributed by atoms with Crippen molar-refractivity contribution < 1.29 is 9.53 Å². The zero-order chi connectivity index (χ0) is 11.7.